The molecule has 126 valence electrons. The highest BCUT2D eigenvalue weighted by atomic mass is 16.5. The Balaban J connectivity index is 1.86. The van der Waals surface area contributed by atoms with E-state index in [1.165, 1.54) is 0 Å². The number of rotatable bonds is 6. The Kier molecular flexibility index (Phi) is 6.16. The van der Waals surface area contributed by atoms with E-state index in [4.69, 9.17) is 10.5 Å². The number of carbonyl (C=O) groups excluding carboxylic acids is 2. The number of nitrogen functional groups attached to an aromatic ring is 1. The minimum Gasteiger partial charge on any atom is -0.466 e. The molecule has 0 aromatic heterocycles. The van der Waals surface area contributed by atoms with Crippen LogP contribution in [-0.2, 0) is 9.53 Å². The normalized spacial score (nSPS) is 18.6. The van der Waals surface area contributed by atoms with Gasteiger partial charge in [-0.05, 0) is 44.9 Å². The van der Waals surface area contributed by atoms with Crippen molar-refractivity contribution in [3.63, 3.8) is 0 Å². The summed E-state index contributed by atoms with van der Waals surface area (Å²) in [5.41, 5.74) is 8.15. The third kappa shape index (κ3) is 4.79. The number of nitrogens with zero attached hydrogens (tertiary/aromatic N) is 1. The van der Waals surface area contributed by atoms with E-state index in [1.54, 1.807) is 6.07 Å². The Morgan fingerprint density at radius 1 is 1.39 bits per heavy atom. The zero-order valence-corrected chi connectivity index (χ0v) is 14.0. The first-order valence-electron chi connectivity index (χ1n) is 8.29. The van der Waals surface area contributed by atoms with E-state index < -0.39 is 0 Å². The number of aryl methyl sites for hydroxylation is 1. The third-order valence-corrected chi connectivity index (χ3v) is 4.38. The molecule has 5 nitrogen and oxygen atoms in total. The quantitative estimate of drug-likeness (QED) is 0.495. The summed E-state index contributed by atoms with van der Waals surface area (Å²) in [7, 11) is 0. The van der Waals surface area contributed by atoms with Gasteiger partial charge in [0.15, 0.2) is 5.78 Å². The number of likely N-dealkylation sites (tertiary alicyclic amines) is 1. The maximum absolute atomic E-state index is 12.3. The van der Waals surface area contributed by atoms with Gasteiger partial charge in [0.2, 0.25) is 0 Å². The number of nitrogens with two attached hydrogens (primary N) is 1. The molecule has 0 saturated carbocycles. The van der Waals surface area contributed by atoms with Crippen molar-refractivity contribution in [2.45, 2.75) is 33.1 Å². The number of ether oxygens (including phenoxy) is 1. The van der Waals surface area contributed by atoms with Gasteiger partial charge in [0, 0.05) is 30.8 Å². The maximum atomic E-state index is 12.3. The first-order valence-corrected chi connectivity index (χ1v) is 8.29. The first kappa shape index (κ1) is 17.5. The number of hydrogen-bond acceptors (Lipinski definition) is 5. The van der Waals surface area contributed by atoms with Crippen molar-refractivity contribution < 1.29 is 14.3 Å². The van der Waals surface area contributed by atoms with E-state index in [-0.39, 0.29) is 17.7 Å². The smallest absolute Gasteiger partial charge is 0.310 e. The molecule has 1 aliphatic heterocycles. The second-order valence-corrected chi connectivity index (χ2v) is 6.14. The average Bonchev–Trinajstić information content (AvgIpc) is 2.55. The number of hydrogen-bond donors (Lipinski definition) is 1. The Labute approximate surface area is 137 Å². The van der Waals surface area contributed by atoms with Gasteiger partial charge in [-0.15, -0.1) is 0 Å². The molecule has 0 aliphatic carbocycles. The molecule has 0 amide bonds. The molecule has 2 rings (SSSR count). The molecule has 1 aromatic rings. The van der Waals surface area contributed by atoms with Crippen molar-refractivity contribution in [3.05, 3.63) is 29.3 Å². The zero-order chi connectivity index (χ0) is 16.8. The van der Waals surface area contributed by atoms with Crippen molar-refractivity contribution in [1.29, 1.82) is 0 Å². The molecule has 1 aliphatic rings. The van der Waals surface area contributed by atoms with Crippen molar-refractivity contribution in [3.8, 4) is 0 Å². The SMILES string of the molecule is CCOC(=O)C1CCCN(CCC(=O)c2ccc(C)c(N)c2)C1. The van der Waals surface area contributed by atoms with Gasteiger partial charge in [0.05, 0.1) is 12.5 Å². The van der Waals surface area contributed by atoms with Crippen LogP contribution in [0.5, 0.6) is 0 Å². The molecule has 2 N–H and O–H groups in total. The first-order chi connectivity index (χ1) is 11.0. The summed E-state index contributed by atoms with van der Waals surface area (Å²) < 4.78 is 5.10. The maximum Gasteiger partial charge on any atom is 0.310 e. The van der Waals surface area contributed by atoms with Crippen LogP contribution in [0, 0.1) is 12.8 Å². The van der Waals surface area contributed by atoms with Gasteiger partial charge in [0.25, 0.3) is 0 Å². The fraction of sp³-hybridized carbons (Fsp3) is 0.556. The van der Waals surface area contributed by atoms with Gasteiger partial charge in [-0.1, -0.05) is 12.1 Å². The van der Waals surface area contributed by atoms with E-state index in [0.717, 1.165) is 24.9 Å². The van der Waals surface area contributed by atoms with E-state index in [9.17, 15) is 9.59 Å². The van der Waals surface area contributed by atoms with Crippen molar-refractivity contribution in [1.82, 2.24) is 4.90 Å². The molecule has 5 heteroatoms. The number of ketones is 1. The summed E-state index contributed by atoms with van der Waals surface area (Å²) in [5, 5.41) is 0. The van der Waals surface area contributed by atoms with Gasteiger partial charge in [-0.3, -0.25) is 9.59 Å². The fourth-order valence-electron chi connectivity index (χ4n) is 2.93. The summed E-state index contributed by atoms with van der Waals surface area (Å²) in [6.07, 6.45) is 2.28. The van der Waals surface area contributed by atoms with Crippen LogP contribution in [-0.4, -0.2) is 42.9 Å². The van der Waals surface area contributed by atoms with E-state index >= 15 is 0 Å². The number of anilines is 1. The Morgan fingerprint density at radius 3 is 2.87 bits per heavy atom. The topological polar surface area (TPSA) is 72.6 Å². The Bertz CT molecular complexity index is 571. The lowest BCUT2D eigenvalue weighted by molar-refractivity contribution is -0.149. The van der Waals surface area contributed by atoms with Crippen LogP contribution in [0.4, 0.5) is 5.69 Å². The second kappa shape index (κ2) is 8.11. The molecule has 1 heterocycles. The molecule has 1 fully saturated rings. The summed E-state index contributed by atoms with van der Waals surface area (Å²) in [5.74, 6) is -0.0846. The summed E-state index contributed by atoms with van der Waals surface area (Å²) in [6.45, 7) is 6.45. The molecule has 0 radical (unpaired) electrons. The van der Waals surface area contributed by atoms with Gasteiger partial charge < -0.3 is 15.4 Å². The lowest BCUT2D eigenvalue weighted by Crippen LogP contribution is -2.40. The molecule has 0 spiro atoms. The minimum absolute atomic E-state index is 0.0613. The minimum atomic E-state index is -0.116. The highest BCUT2D eigenvalue weighted by molar-refractivity contribution is 5.97. The zero-order valence-electron chi connectivity index (χ0n) is 14.0. The average molecular weight is 318 g/mol. The van der Waals surface area contributed by atoms with Crippen LogP contribution in [0.25, 0.3) is 0 Å². The number of carbonyl (C=O) groups is 2. The van der Waals surface area contributed by atoms with Gasteiger partial charge in [-0.25, -0.2) is 0 Å². The predicted octanol–water partition coefficient (Wildman–Crippen LogP) is 2.43. The molecule has 1 saturated heterocycles. The molecule has 1 atom stereocenters. The lowest BCUT2D eigenvalue weighted by atomic mass is 9.97. The summed E-state index contributed by atoms with van der Waals surface area (Å²) in [6, 6.07) is 5.45. The monoisotopic (exact) mass is 318 g/mol. The second-order valence-electron chi connectivity index (χ2n) is 6.14. The Morgan fingerprint density at radius 2 is 2.17 bits per heavy atom. The van der Waals surface area contributed by atoms with Crippen LogP contribution in [0.3, 0.4) is 0 Å². The number of benzene rings is 1. The number of Topliss-reactive ketones (excluding diaryl/α,β-unsaturated/α-hetero) is 1. The fourth-order valence-corrected chi connectivity index (χ4v) is 2.93. The molecule has 1 unspecified atom stereocenters. The van der Waals surface area contributed by atoms with Crippen LogP contribution in [0.15, 0.2) is 18.2 Å². The van der Waals surface area contributed by atoms with E-state index in [2.05, 4.69) is 4.90 Å². The van der Waals surface area contributed by atoms with E-state index in [1.807, 2.05) is 26.0 Å². The van der Waals surface area contributed by atoms with Crippen LogP contribution >= 0.6 is 0 Å². The van der Waals surface area contributed by atoms with E-state index in [0.29, 0.717) is 37.4 Å². The van der Waals surface area contributed by atoms with Crippen molar-refractivity contribution in [2.75, 3.05) is 32.0 Å². The molecular weight excluding hydrogens is 292 g/mol. The van der Waals surface area contributed by atoms with Crippen LogP contribution < -0.4 is 5.73 Å². The van der Waals surface area contributed by atoms with Crippen LogP contribution in [0.2, 0.25) is 0 Å². The molecule has 0 bridgehead atoms. The van der Waals surface area contributed by atoms with Gasteiger partial charge in [-0.2, -0.15) is 0 Å². The van der Waals surface area contributed by atoms with Gasteiger partial charge in [0.1, 0.15) is 0 Å². The lowest BCUT2D eigenvalue weighted by Gasteiger charge is -2.31. The predicted molar refractivity (Wildman–Crippen MR) is 90.3 cm³/mol. The highest BCUT2D eigenvalue weighted by Gasteiger charge is 2.26. The van der Waals surface area contributed by atoms with Crippen molar-refractivity contribution in [2.24, 2.45) is 5.92 Å². The third-order valence-electron chi connectivity index (χ3n) is 4.38. The number of esters is 1. The van der Waals surface area contributed by atoms with Crippen LogP contribution in [0.1, 0.15) is 42.1 Å². The summed E-state index contributed by atoms with van der Waals surface area (Å²) >= 11 is 0. The van der Waals surface area contributed by atoms with Gasteiger partial charge >= 0.3 is 5.97 Å². The summed E-state index contributed by atoms with van der Waals surface area (Å²) in [4.78, 5) is 26.3. The largest absolute Gasteiger partial charge is 0.466 e. The number of piperidine rings is 1. The standard InChI is InChI=1S/C18H26N2O3/c1-3-23-18(22)15-5-4-9-20(12-15)10-8-17(21)14-7-6-13(2)16(19)11-14/h6-7,11,15H,3-5,8-10,12,19H2,1-2H3. The highest BCUT2D eigenvalue weighted by Crippen LogP contribution is 2.19. The van der Waals surface area contributed by atoms with Crippen molar-refractivity contribution >= 4 is 17.4 Å². The molecular formula is C18H26N2O3. The molecule has 23 heavy (non-hydrogen) atoms. The molecule has 1 aromatic carbocycles. The Hall–Kier alpha value is -1.88.